The number of benzene rings is 2. The van der Waals surface area contributed by atoms with Crippen LogP contribution >= 0.6 is 0 Å². The Labute approximate surface area is 196 Å². The molecule has 2 N–H and O–H groups in total. The first-order valence-corrected chi connectivity index (χ1v) is 12.5. The van der Waals surface area contributed by atoms with E-state index in [0.717, 1.165) is 48.1 Å². The van der Waals surface area contributed by atoms with Crippen LogP contribution in [-0.4, -0.2) is 45.6 Å². The number of aromatic nitrogens is 1. The molecule has 1 fully saturated rings. The summed E-state index contributed by atoms with van der Waals surface area (Å²) < 4.78 is 14.9. The maximum absolute atomic E-state index is 13.4. The number of amides is 1. The second-order valence-corrected chi connectivity index (χ2v) is 9.75. The number of rotatable bonds is 7. The Morgan fingerprint density at radius 1 is 1.09 bits per heavy atom. The van der Waals surface area contributed by atoms with Crippen LogP contribution in [0.15, 0.2) is 52.2 Å². The molecule has 4 rings (SSSR count). The van der Waals surface area contributed by atoms with Crippen LogP contribution in [0.4, 0.5) is 11.4 Å². The summed E-state index contributed by atoms with van der Waals surface area (Å²) in [7, 11) is -1.33. The maximum Gasteiger partial charge on any atom is 0.257 e. The summed E-state index contributed by atoms with van der Waals surface area (Å²) in [5.74, 6) is -0.239. The third kappa shape index (κ3) is 4.86. The summed E-state index contributed by atoms with van der Waals surface area (Å²) in [4.78, 5) is 30.8. The van der Waals surface area contributed by atoms with Crippen molar-refractivity contribution in [2.75, 3.05) is 36.4 Å². The van der Waals surface area contributed by atoms with Crippen LogP contribution in [0.25, 0.3) is 10.9 Å². The van der Waals surface area contributed by atoms with E-state index >= 15 is 0 Å². The number of carbonyl (C=O) groups is 1. The fourth-order valence-corrected chi connectivity index (χ4v) is 5.52. The summed E-state index contributed by atoms with van der Waals surface area (Å²) >= 11 is 0. The molecule has 7 nitrogen and oxygen atoms in total. The lowest BCUT2D eigenvalue weighted by atomic mass is 10.1. The normalized spacial score (nSPS) is 14.7. The first-order chi connectivity index (χ1) is 15.9. The van der Waals surface area contributed by atoms with Gasteiger partial charge in [-0.1, -0.05) is 13.8 Å². The van der Waals surface area contributed by atoms with Gasteiger partial charge in [0.05, 0.1) is 10.5 Å². The van der Waals surface area contributed by atoms with Crippen molar-refractivity contribution in [2.24, 2.45) is 0 Å². The van der Waals surface area contributed by atoms with Crippen LogP contribution in [-0.2, 0) is 11.0 Å². The number of fused-ring (bicyclic) bond motifs is 1. The molecule has 3 aromatic rings. The molecule has 0 bridgehead atoms. The lowest BCUT2D eigenvalue weighted by Gasteiger charge is -2.23. The zero-order valence-corrected chi connectivity index (χ0v) is 20.1. The van der Waals surface area contributed by atoms with E-state index in [1.54, 1.807) is 24.3 Å². The first-order valence-electron chi connectivity index (χ1n) is 11.4. The highest BCUT2D eigenvalue weighted by atomic mass is 32.2. The van der Waals surface area contributed by atoms with Gasteiger partial charge in [-0.05, 0) is 61.7 Å². The smallest absolute Gasteiger partial charge is 0.257 e. The molecule has 2 aromatic carbocycles. The highest BCUT2D eigenvalue weighted by molar-refractivity contribution is 7.82. The van der Waals surface area contributed by atoms with Gasteiger partial charge in [-0.2, -0.15) is 0 Å². The van der Waals surface area contributed by atoms with Gasteiger partial charge < -0.3 is 15.2 Å². The van der Waals surface area contributed by atoms with Crippen molar-refractivity contribution < 1.29 is 9.00 Å². The van der Waals surface area contributed by atoms with Crippen molar-refractivity contribution in [2.45, 2.75) is 38.5 Å². The van der Waals surface area contributed by atoms with Gasteiger partial charge in [0.2, 0.25) is 5.56 Å². The van der Waals surface area contributed by atoms with Crippen LogP contribution in [0, 0.1) is 6.92 Å². The Morgan fingerprint density at radius 3 is 2.52 bits per heavy atom. The second-order valence-electron chi connectivity index (χ2n) is 8.27. The molecule has 0 aliphatic carbocycles. The lowest BCUT2D eigenvalue weighted by Crippen LogP contribution is -2.27. The third-order valence-electron chi connectivity index (χ3n) is 6.11. The minimum atomic E-state index is -1.33. The highest BCUT2D eigenvalue weighted by Gasteiger charge is 2.22. The molecule has 1 saturated heterocycles. The average Bonchev–Trinajstić information content (AvgIpc) is 3.34. The summed E-state index contributed by atoms with van der Waals surface area (Å²) in [6, 6.07) is 12.6. The van der Waals surface area contributed by atoms with Crippen LogP contribution in [0.1, 0.15) is 42.6 Å². The van der Waals surface area contributed by atoms with Gasteiger partial charge in [0.1, 0.15) is 11.0 Å². The molecule has 1 aliphatic heterocycles. The minimum absolute atomic E-state index is 0.148. The van der Waals surface area contributed by atoms with Crippen LogP contribution in [0.3, 0.4) is 0 Å². The Kier molecular flexibility index (Phi) is 6.95. The number of H-pyrrole nitrogens is 1. The number of nitrogens with zero attached hydrogens (tertiary/aromatic N) is 2. The number of hydrogen-bond donors (Lipinski definition) is 2. The van der Waals surface area contributed by atoms with Crippen molar-refractivity contribution >= 4 is 39.2 Å². The van der Waals surface area contributed by atoms with Gasteiger partial charge in [0, 0.05) is 54.5 Å². The van der Waals surface area contributed by atoms with Crippen molar-refractivity contribution in [1.82, 2.24) is 9.29 Å². The molecule has 1 aliphatic rings. The number of hydrogen-bond acceptors (Lipinski definition) is 4. The van der Waals surface area contributed by atoms with E-state index in [9.17, 15) is 13.8 Å². The number of pyridine rings is 1. The molecule has 33 heavy (non-hydrogen) atoms. The molecule has 0 spiro atoms. The van der Waals surface area contributed by atoms with Crippen LogP contribution < -0.4 is 15.8 Å². The highest BCUT2D eigenvalue weighted by Crippen LogP contribution is 2.29. The van der Waals surface area contributed by atoms with Crippen LogP contribution in [0.2, 0.25) is 0 Å². The van der Waals surface area contributed by atoms with E-state index in [-0.39, 0.29) is 11.5 Å². The van der Waals surface area contributed by atoms with E-state index in [1.807, 2.05) is 43.3 Å². The molecular formula is C25H30N4O3S. The standard InChI is InChI=1S/C25H30N4O3S/c1-4-29(5-2)33(32)19-9-11-23(28-12-6-7-13-28)21(16-19)25(31)26-18-8-10-22-20(15-18)17(3)14-24(30)27-22/h8-11,14-16H,4-7,12-13H2,1-3H3,(H,26,31)(H,27,30). The molecule has 1 atom stereocenters. The predicted molar refractivity (Wildman–Crippen MR) is 134 cm³/mol. The van der Waals surface area contributed by atoms with Gasteiger partial charge in [-0.3, -0.25) is 9.59 Å². The van der Waals surface area contributed by atoms with E-state index in [1.165, 1.54) is 0 Å². The second kappa shape index (κ2) is 9.89. The quantitative estimate of drug-likeness (QED) is 0.550. The number of anilines is 2. The number of aryl methyl sites for hydroxylation is 1. The third-order valence-corrected chi connectivity index (χ3v) is 7.75. The van der Waals surface area contributed by atoms with Gasteiger partial charge in [-0.15, -0.1) is 0 Å². The largest absolute Gasteiger partial charge is 0.371 e. The molecule has 1 unspecified atom stereocenters. The van der Waals surface area contributed by atoms with Crippen LogP contribution in [0.5, 0.6) is 0 Å². The zero-order valence-electron chi connectivity index (χ0n) is 19.3. The monoisotopic (exact) mass is 466 g/mol. The predicted octanol–water partition coefficient (Wildman–Crippen LogP) is 4.05. The number of carbonyl (C=O) groups excluding carboxylic acids is 1. The molecule has 0 saturated carbocycles. The number of nitrogens with one attached hydrogen (secondary N) is 2. The van der Waals surface area contributed by atoms with Crippen molar-refractivity contribution in [3.63, 3.8) is 0 Å². The molecule has 1 aromatic heterocycles. The summed E-state index contributed by atoms with van der Waals surface area (Å²) in [6.07, 6.45) is 2.19. The van der Waals surface area contributed by atoms with E-state index in [2.05, 4.69) is 15.2 Å². The van der Waals surface area contributed by atoms with Crippen molar-refractivity contribution in [1.29, 1.82) is 0 Å². The molecule has 1 amide bonds. The molecule has 0 radical (unpaired) electrons. The Morgan fingerprint density at radius 2 is 1.82 bits per heavy atom. The Bertz CT molecular complexity index is 1260. The van der Waals surface area contributed by atoms with E-state index < -0.39 is 11.0 Å². The Balaban J connectivity index is 1.70. The lowest BCUT2D eigenvalue weighted by molar-refractivity contribution is 0.102. The fraction of sp³-hybridized carbons (Fsp3) is 0.360. The number of aromatic amines is 1. The average molecular weight is 467 g/mol. The van der Waals surface area contributed by atoms with E-state index in [0.29, 0.717) is 29.2 Å². The topological polar surface area (TPSA) is 85.5 Å². The molecule has 174 valence electrons. The molecule has 2 heterocycles. The summed E-state index contributed by atoms with van der Waals surface area (Å²) in [5.41, 5.74) is 3.46. The minimum Gasteiger partial charge on any atom is -0.371 e. The van der Waals surface area contributed by atoms with E-state index in [4.69, 9.17) is 0 Å². The summed E-state index contributed by atoms with van der Waals surface area (Å²) in [6.45, 7) is 8.96. The van der Waals surface area contributed by atoms with Gasteiger partial charge in [0.25, 0.3) is 5.91 Å². The van der Waals surface area contributed by atoms with Crippen molar-refractivity contribution in [3.05, 3.63) is 63.9 Å². The SMILES string of the molecule is CCN(CC)S(=O)c1ccc(N2CCCC2)c(C(=O)Nc2ccc3[nH]c(=O)cc(C)c3c2)c1. The maximum atomic E-state index is 13.4. The molecule has 8 heteroatoms. The van der Waals surface area contributed by atoms with Gasteiger partial charge in [-0.25, -0.2) is 8.51 Å². The van der Waals surface area contributed by atoms with Crippen molar-refractivity contribution in [3.8, 4) is 0 Å². The first kappa shape index (κ1) is 23.2. The van der Waals surface area contributed by atoms with Gasteiger partial charge in [0.15, 0.2) is 0 Å². The zero-order chi connectivity index (χ0) is 23.5. The fourth-order valence-electron chi connectivity index (χ4n) is 4.35. The van der Waals surface area contributed by atoms with Gasteiger partial charge >= 0.3 is 0 Å². The molecular weight excluding hydrogens is 436 g/mol. The Hall–Kier alpha value is -2.97. The summed E-state index contributed by atoms with van der Waals surface area (Å²) in [5, 5.41) is 3.89.